The maximum atomic E-state index is 11.7. The number of aryl methyl sites for hydroxylation is 1. The van der Waals surface area contributed by atoms with Crippen LogP contribution in [0.25, 0.3) is 0 Å². The molecule has 3 rings (SSSR count). The highest BCUT2D eigenvalue weighted by Gasteiger charge is 2.26. The average molecular weight is 337 g/mol. The fourth-order valence-corrected chi connectivity index (χ4v) is 3.72. The number of carboxylic acids is 1. The first-order valence-electron chi connectivity index (χ1n) is 8.68. The van der Waals surface area contributed by atoms with Crippen LogP contribution >= 0.6 is 0 Å². The van der Waals surface area contributed by atoms with Gasteiger partial charge in [0.05, 0.1) is 5.56 Å². The molecule has 0 saturated carbocycles. The molecule has 0 amide bonds. The number of hydrogen-bond acceptors (Lipinski definition) is 3. The molecule has 0 atom stereocenters. The van der Waals surface area contributed by atoms with Crippen molar-refractivity contribution in [1.29, 1.82) is 0 Å². The van der Waals surface area contributed by atoms with E-state index in [1.807, 2.05) is 18.2 Å². The lowest BCUT2D eigenvalue weighted by atomic mass is 9.83. The maximum Gasteiger partial charge on any atom is 0.336 e. The number of carboxylic acid groups (broad SMARTS) is 1. The first kappa shape index (κ1) is 17.4. The second-order valence-electron chi connectivity index (χ2n) is 6.72. The van der Waals surface area contributed by atoms with Gasteiger partial charge >= 0.3 is 5.97 Å². The summed E-state index contributed by atoms with van der Waals surface area (Å²) in [5.74, 6) is -0.815. The van der Waals surface area contributed by atoms with Crippen LogP contribution in [0.1, 0.15) is 56.2 Å². The molecule has 0 bridgehead atoms. The molecule has 4 nitrogen and oxygen atoms in total. The molecule has 2 aromatic carbocycles. The molecule has 1 aliphatic heterocycles. The second kappa shape index (κ2) is 7.62. The van der Waals surface area contributed by atoms with Crippen molar-refractivity contribution in [3.63, 3.8) is 0 Å². The summed E-state index contributed by atoms with van der Waals surface area (Å²) in [5.41, 5.74) is 3.33. The lowest BCUT2D eigenvalue weighted by Crippen LogP contribution is -2.33. The van der Waals surface area contributed by atoms with Crippen molar-refractivity contribution >= 4 is 12.3 Å². The number of hydrogen-bond donors (Lipinski definition) is 1. The van der Waals surface area contributed by atoms with Crippen LogP contribution in [-0.4, -0.2) is 35.4 Å². The van der Waals surface area contributed by atoms with Crippen molar-refractivity contribution in [2.24, 2.45) is 0 Å². The van der Waals surface area contributed by atoms with E-state index in [1.54, 1.807) is 6.92 Å². The topological polar surface area (TPSA) is 57.6 Å². The minimum Gasteiger partial charge on any atom is -0.478 e. The molecule has 130 valence electrons. The van der Waals surface area contributed by atoms with Gasteiger partial charge in [0.1, 0.15) is 0 Å². The highest BCUT2D eigenvalue weighted by Crippen LogP contribution is 2.33. The zero-order chi connectivity index (χ0) is 17.8. The molecule has 0 unspecified atom stereocenters. The smallest absolute Gasteiger partial charge is 0.336 e. The lowest BCUT2D eigenvalue weighted by Gasteiger charge is -2.33. The summed E-state index contributed by atoms with van der Waals surface area (Å²) >= 11 is 0. The molecule has 1 heterocycles. The lowest BCUT2D eigenvalue weighted by molar-refractivity contribution is 0.0691. The molecule has 0 radical (unpaired) electrons. The Labute approximate surface area is 148 Å². The number of rotatable bonds is 5. The highest BCUT2D eigenvalue weighted by atomic mass is 16.4. The van der Waals surface area contributed by atoms with Gasteiger partial charge in [-0.2, -0.15) is 0 Å². The summed E-state index contributed by atoms with van der Waals surface area (Å²) in [6, 6.07) is 14.1. The van der Waals surface area contributed by atoms with Crippen molar-refractivity contribution in [3.05, 3.63) is 70.3 Å². The first-order valence-corrected chi connectivity index (χ1v) is 8.68. The Kier molecular flexibility index (Phi) is 5.29. The molecule has 4 heteroatoms. The third kappa shape index (κ3) is 3.80. The van der Waals surface area contributed by atoms with E-state index >= 15 is 0 Å². The average Bonchev–Trinajstić information content (AvgIpc) is 2.63. The number of aldehydes is 1. The van der Waals surface area contributed by atoms with Crippen LogP contribution in [0.15, 0.2) is 42.5 Å². The van der Waals surface area contributed by atoms with E-state index in [1.165, 1.54) is 5.56 Å². The minimum absolute atomic E-state index is 0.191. The summed E-state index contributed by atoms with van der Waals surface area (Å²) in [6.07, 6.45) is 2.50. The van der Waals surface area contributed by atoms with Crippen LogP contribution in [0.3, 0.4) is 0 Å². The summed E-state index contributed by atoms with van der Waals surface area (Å²) in [6.45, 7) is 4.57. The van der Waals surface area contributed by atoms with E-state index in [0.717, 1.165) is 43.6 Å². The fraction of sp³-hybridized carbons (Fsp3) is 0.333. The predicted octanol–water partition coefficient (Wildman–Crippen LogP) is 3.89. The zero-order valence-corrected chi connectivity index (χ0v) is 14.4. The summed E-state index contributed by atoms with van der Waals surface area (Å²) < 4.78 is 0. The van der Waals surface area contributed by atoms with Gasteiger partial charge in [0, 0.05) is 12.1 Å². The van der Waals surface area contributed by atoms with Gasteiger partial charge in [-0.15, -0.1) is 0 Å². The first-order chi connectivity index (χ1) is 12.1. The summed E-state index contributed by atoms with van der Waals surface area (Å²) in [5, 5.41) is 9.61. The normalized spacial score (nSPS) is 15.9. The predicted molar refractivity (Wildman–Crippen MR) is 97.2 cm³/mol. The third-order valence-corrected chi connectivity index (χ3v) is 5.10. The maximum absolute atomic E-state index is 11.7. The van der Waals surface area contributed by atoms with Gasteiger partial charge in [0.25, 0.3) is 0 Å². The summed E-state index contributed by atoms with van der Waals surface area (Å²) in [4.78, 5) is 25.5. The van der Waals surface area contributed by atoms with Gasteiger partial charge in [-0.3, -0.25) is 9.69 Å². The van der Waals surface area contributed by atoms with Crippen molar-refractivity contribution in [2.45, 2.75) is 32.2 Å². The number of piperidine rings is 1. The van der Waals surface area contributed by atoms with Gasteiger partial charge in [-0.05, 0) is 55.5 Å². The molecule has 1 aliphatic rings. The Morgan fingerprint density at radius 1 is 1.16 bits per heavy atom. The molecular formula is C21H23NO3. The molecule has 2 aromatic rings. The number of carbonyl (C=O) groups excluding carboxylic acids is 1. The SMILES string of the molecule is Cc1ccc(C2CCN(Cc3ccccc3)CC2)c(C(=O)O)c1C=O. The zero-order valence-electron chi connectivity index (χ0n) is 14.4. The molecular weight excluding hydrogens is 314 g/mol. The minimum atomic E-state index is -1.01. The monoisotopic (exact) mass is 337 g/mol. The summed E-state index contributed by atoms with van der Waals surface area (Å²) in [7, 11) is 0. The van der Waals surface area contributed by atoms with Gasteiger partial charge in [0.15, 0.2) is 6.29 Å². The van der Waals surface area contributed by atoms with Crippen LogP contribution in [0.4, 0.5) is 0 Å². The van der Waals surface area contributed by atoms with Gasteiger partial charge < -0.3 is 5.11 Å². The van der Waals surface area contributed by atoms with Crippen molar-refractivity contribution in [1.82, 2.24) is 4.90 Å². The van der Waals surface area contributed by atoms with Gasteiger partial charge in [-0.25, -0.2) is 4.79 Å². The molecule has 0 aromatic heterocycles. The Balaban J connectivity index is 1.75. The van der Waals surface area contributed by atoms with E-state index in [0.29, 0.717) is 11.8 Å². The quantitative estimate of drug-likeness (QED) is 0.841. The highest BCUT2D eigenvalue weighted by molar-refractivity contribution is 5.99. The van der Waals surface area contributed by atoms with Crippen LogP contribution < -0.4 is 0 Å². The standard InChI is InChI=1S/C21H23NO3/c1-15-7-8-18(20(21(24)25)19(15)14-23)17-9-11-22(12-10-17)13-16-5-3-2-4-6-16/h2-8,14,17H,9-13H2,1H3,(H,24,25). The van der Waals surface area contributed by atoms with E-state index in [9.17, 15) is 14.7 Å². The molecule has 25 heavy (non-hydrogen) atoms. The molecule has 0 spiro atoms. The van der Waals surface area contributed by atoms with Gasteiger partial charge in [-0.1, -0.05) is 42.5 Å². The van der Waals surface area contributed by atoms with Crippen molar-refractivity contribution in [2.75, 3.05) is 13.1 Å². The fourth-order valence-electron chi connectivity index (χ4n) is 3.72. The van der Waals surface area contributed by atoms with E-state index in [4.69, 9.17) is 0 Å². The van der Waals surface area contributed by atoms with Crippen LogP contribution in [0.2, 0.25) is 0 Å². The van der Waals surface area contributed by atoms with Crippen molar-refractivity contribution in [3.8, 4) is 0 Å². The Morgan fingerprint density at radius 3 is 2.44 bits per heavy atom. The molecule has 1 N–H and O–H groups in total. The number of likely N-dealkylation sites (tertiary alicyclic amines) is 1. The van der Waals surface area contributed by atoms with E-state index < -0.39 is 5.97 Å². The number of nitrogens with zero attached hydrogens (tertiary/aromatic N) is 1. The largest absolute Gasteiger partial charge is 0.478 e. The van der Waals surface area contributed by atoms with Gasteiger partial charge in [0.2, 0.25) is 0 Å². The van der Waals surface area contributed by atoms with Crippen LogP contribution in [0, 0.1) is 6.92 Å². The Bertz CT molecular complexity index is 762. The second-order valence-corrected chi connectivity index (χ2v) is 6.72. The van der Waals surface area contributed by atoms with E-state index in [2.05, 4.69) is 29.2 Å². The Morgan fingerprint density at radius 2 is 1.84 bits per heavy atom. The molecule has 1 saturated heterocycles. The third-order valence-electron chi connectivity index (χ3n) is 5.10. The van der Waals surface area contributed by atoms with E-state index in [-0.39, 0.29) is 11.5 Å². The van der Waals surface area contributed by atoms with Crippen LogP contribution in [0.5, 0.6) is 0 Å². The molecule has 1 fully saturated rings. The van der Waals surface area contributed by atoms with Crippen molar-refractivity contribution < 1.29 is 14.7 Å². The number of aromatic carboxylic acids is 1. The molecule has 0 aliphatic carbocycles. The van der Waals surface area contributed by atoms with Crippen LogP contribution in [-0.2, 0) is 6.54 Å². The Hall–Kier alpha value is -2.46. The number of carbonyl (C=O) groups is 2. The number of benzene rings is 2.